The Balaban J connectivity index is 2.22. The average molecular weight is 259 g/mol. The minimum Gasteiger partial charge on any atom is -0.481 e. The molecule has 5 nitrogen and oxygen atoms in total. The largest absolute Gasteiger partial charge is 0.481 e. The summed E-state index contributed by atoms with van der Waals surface area (Å²) in [6.07, 6.45) is 4.06. The number of aliphatic carboxylic acids is 1. The van der Waals surface area contributed by atoms with Gasteiger partial charge in [-0.15, -0.1) is 0 Å². The molecule has 1 aromatic heterocycles. The highest BCUT2D eigenvalue weighted by atomic mass is 16.4. The Morgan fingerprint density at radius 1 is 1.32 bits per heavy atom. The number of aryl methyl sites for hydroxylation is 1. The van der Waals surface area contributed by atoms with E-state index in [0.717, 1.165) is 17.2 Å². The van der Waals surface area contributed by atoms with Gasteiger partial charge in [-0.1, -0.05) is 0 Å². The van der Waals surface area contributed by atoms with E-state index in [-0.39, 0.29) is 6.42 Å². The third kappa shape index (κ3) is 3.13. The Morgan fingerprint density at radius 2 is 2.00 bits per heavy atom. The zero-order valence-corrected chi connectivity index (χ0v) is 11.1. The van der Waals surface area contributed by atoms with Crippen molar-refractivity contribution in [2.24, 2.45) is 0 Å². The quantitative estimate of drug-likeness (QED) is 0.891. The van der Waals surface area contributed by atoms with Crippen molar-refractivity contribution >= 4 is 11.7 Å². The van der Waals surface area contributed by atoms with Crippen LogP contribution in [0.25, 0.3) is 5.69 Å². The topological polar surface area (TPSA) is 58.4 Å². The molecule has 0 spiro atoms. The van der Waals surface area contributed by atoms with Crippen molar-refractivity contribution in [1.29, 1.82) is 0 Å². The number of benzene rings is 1. The molecule has 0 bridgehead atoms. The second kappa shape index (κ2) is 5.56. The maximum Gasteiger partial charge on any atom is 0.303 e. The fraction of sp³-hybridized carbons (Fsp3) is 0.286. The van der Waals surface area contributed by atoms with Crippen molar-refractivity contribution in [3.63, 3.8) is 0 Å². The Bertz CT molecular complexity index is 558. The van der Waals surface area contributed by atoms with Crippen LogP contribution in [-0.4, -0.2) is 34.7 Å². The number of carbonyl (C=O) groups is 1. The molecular weight excluding hydrogens is 242 g/mol. The van der Waals surface area contributed by atoms with Gasteiger partial charge in [0.1, 0.15) is 5.82 Å². The van der Waals surface area contributed by atoms with Gasteiger partial charge in [-0.25, -0.2) is 4.98 Å². The minimum atomic E-state index is -0.808. The van der Waals surface area contributed by atoms with E-state index in [1.807, 2.05) is 54.0 Å². The molecule has 0 saturated heterocycles. The molecule has 2 aromatic rings. The van der Waals surface area contributed by atoms with Gasteiger partial charge < -0.3 is 14.6 Å². The summed E-state index contributed by atoms with van der Waals surface area (Å²) >= 11 is 0. The van der Waals surface area contributed by atoms with Crippen molar-refractivity contribution < 1.29 is 9.90 Å². The van der Waals surface area contributed by atoms with Crippen LogP contribution in [0.5, 0.6) is 0 Å². The van der Waals surface area contributed by atoms with Crippen molar-refractivity contribution in [2.75, 3.05) is 19.0 Å². The van der Waals surface area contributed by atoms with Gasteiger partial charge in [-0.3, -0.25) is 4.79 Å². The van der Waals surface area contributed by atoms with Gasteiger partial charge in [-0.05, 0) is 24.3 Å². The van der Waals surface area contributed by atoms with E-state index in [9.17, 15) is 4.79 Å². The van der Waals surface area contributed by atoms with Crippen molar-refractivity contribution in [3.05, 3.63) is 42.5 Å². The predicted octanol–water partition coefficient (Wildman–Crippen LogP) is 1.96. The number of aromatic nitrogens is 2. The molecule has 0 radical (unpaired) electrons. The smallest absolute Gasteiger partial charge is 0.303 e. The van der Waals surface area contributed by atoms with Crippen LogP contribution in [0.4, 0.5) is 5.69 Å². The van der Waals surface area contributed by atoms with Crippen LogP contribution in [0.15, 0.2) is 36.7 Å². The molecule has 2 rings (SSSR count). The predicted molar refractivity (Wildman–Crippen MR) is 73.8 cm³/mol. The van der Waals surface area contributed by atoms with Gasteiger partial charge >= 0.3 is 5.97 Å². The molecule has 0 unspecified atom stereocenters. The van der Waals surface area contributed by atoms with Crippen LogP contribution in [0.3, 0.4) is 0 Å². The fourth-order valence-corrected chi connectivity index (χ4v) is 1.88. The second-order valence-corrected chi connectivity index (χ2v) is 4.52. The van der Waals surface area contributed by atoms with Crippen LogP contribution < -0.4 is 4.90 Å². The van der Waals surface area contributed by atoms with Gasteiger partial charge in [0.2, 0.25) is 0 Å². The lowest BCUT2D eigenvalue weighted by molar-refractivity contribution is -0.137. The molecule has 1 aromatic carbocycles. The highest BCUT2D eigenvalue weighted by Crippen LogP contribution is 2.17. The van der Waals surface area contributed by atoms with Gasteiger partial charge in [0.15, 0.2) is 0 Å². The zero-order chi connectivity index (χ0) is 13.8. The van der Waals surface area contributed by atoms with E-state index in [0.29, 0.717) is 6.42 Å². The minimum absolute atomic E-state index is 0.0901. The normalized spacial score (nSPS) is 10.4. The van der Waals surface area contributed by atoms with Crippen LogP contribution >= 0.6 is 0 Å². The van der Waals surface area contributed by atoms with E-state index in [1.165, 1.54) is 0 Å². The fourth-order valence-electron chi connectivity index (χ4n) is 1.88. The monoisotopic (exact) mass is 259 g/mol. The van der Waals surface area contributed by atoms with E-state index in [2.05, 4.69) is 4.98 Å². The molecule has 100 valence electrons. The molecule has 0 atom stereocenters. The number of carboxylic acids is 1. The van der Waals surface area contributed by atoms with Crippen LogP contribution in [0, 0.1) is 0 Å². The molecular formula is C14H17N3O2. The number of carboxylic acid groups (broad SMARTS) is 1. The highest BCUT2D eigenvalue weighted by Gasteiger charge is 2.07. The molecule has 19 heavy (non-hydrogen) atoms. The Hall–Kier alpha value is -2.30. The summed E-state index contributed by atoms with van der Waals surface area (Å²) in [7, 11) is 3.98. The number of hydrogen-bond donors (Lipinski definition) is 1. The number of rotatable bonds is 5. The van der Waals surface area contributed by atoms with Gasteiger partial charge in [-0.2, -0.15) is 0 Å². The van der Waals surface area contributed by atoms with Gasteiger partial charge in [0.05, 0.1) is 6.42 Å². The Labute approximate surface area is 112 Å². The first-order chi connectivity index (χ1) is 9.08. The average Bonchev–Trinajstić information content (AvgIpc) is 2.84. The lowest BCUT2D eigenvalue weighted by Crippen LogP contribution is -2.09. The second-order valence-electron chi connectivity index (χ2n) is 4.52. The van der Waals surface area contributed by atoms with Crippen molar-refractivity contribution in [3.8, 4) is 5.69 Å². The summed E-state index contributed by atoms with van der Waals surface area (Å²) in [4.78, 5) is 16.9. The molecule has 5 heteroatoms. The highest BCUT2D eigenvalue weighted by molar-refractivity contribution is 5.66. The van der Waals surface area contributed by atoms with Crippen LogP contribution in [0.1, 0.15) is 12.2 Å². The molecule has 0 aliphatic heterocycles. The summed E-state index contributed by atoms with van der Waals surface area (Å²) in [5, 5.41) is 8.73. The number of imidazole rings is 1. The maximum atomic E-state index is 10.6. The number of anilines is 1. The lowest BCUT2D eigenvalue weighted by Gasteiger charge is -2.13. The summed E-state index contributed by atoms with van der Waals surface area (Å²) in [6.45, 7) is 0. The molecule has 1 N–H and O–H groups in total. The Morgan fingerprint density at radius 3 is 2.58 bits per heavy atom. The SMILES string of the molecule is CN(C)c1ccc(-n2ccnc2CCC(=O)O)cc1. The third-order valence-corrected chi connectivity index (χ3v) is 2.92. The van der Waals surface area contributed by atoms with Gasteiger partial charge in [0, 0.05) is 44.3 Å². The number of nitrogens with zero attached hydrogens (tertiary/aromatic N) is 3. The summed E-state index contributed by atoms with van der Waals surface area (Å²) in [5.74, 6) is -0.0440. The standard InChI is InChI=1S/C14H17N3O2/c1-16(2)11-3-5-12(6-4-11)17-10-9-15-13(17)7-8-14(18)19/h3-6,9-10H,7-8H2,1-2H3,(H,18,19). The first kappa shape index (κ1) is 13.1. The van der Waals surface area contributed by atoms with Crippen molar-refractivity contribution in [2.45, 2.75) is 12.8 Å². The molecule has 1 heterocycles. The maximum absolute atomic E-state index is 10.6. The molecule has 0 fully saturated rings. The van der Waals surface area contributed by atoms with Gasteiger partial charge in [0.25, 0.3) is 0 Å². The van der Waals surface area contributed by atoms with E-state index in [1.54, 1.807) is 6.20 Å². The first-order valence-electron chi connectivity index (χ1n) is 6.09. The number of hydrogen-bond acceptors (Lipinski definition) is 3. The van der Waals surface area contributed by atoms with Crippen LogP contribution in [0.2, 0.25) is 0 Å². The first-order valence-corrected chi connectivity index (χ1v) is 6.09. The molecule has 0 amide bonds. The van der Waals surface area contributed by atoms with E-state index < -0.39 is 5.97 Å². The van der Waals surface area contributed by atoms with Crippen LogP contribution in [-0.2, 0) is 11.2 Å². The third-order valence-electron chi connectivity index (χ3n) is 2.92. The Kier molecular flexibility index (Phi) is 3.85. The van der Waals surface area contributed by atoms with E-state index >= 15 is 0 Å². The van der Waals surface area contributed by atoms with Crippen molar-refractivity contribution in [1.82, 2.24) is 9.55 Å². The lowest BCUT2D eigenvalue weighted by atomic mass is 10.2. The summed E-state index contributed by atoms with van der Waals surface area (Å²) < 4.78 is 1.92. The molecule has 0 aliphatic rings. The summed E-state index contributed by atoms with van der Waals surface area (Å²) in [5.41, 5.74) is 2.11. The molecule has 0 aliphatic carbocycles. The van der Waals surface area contributed by atoms with E-state index in [4.69, 9.17) is 5.11 Å². The summed E-state index contributed by atoms with van der Waals surface area (Å²) in [6, 6.07) is 8.05. The molecule has 0 saturated carbocycles. The zero-order valence-electron chi connectivity index (χ0n) is 11.1.